The summed E-state index contributed by atoms with van der Waals surface area (Å²) in [6.45, 7) is 7.54. The second kappa shape index (κ2) is 9.92. The molecule has 0 aromatic rings. The number of rotatable bonds is 8. The van der Waals surface area contributed by atoms with Crippen LogP contribution in [0.5, 0.6) is 0 Å². The van der Waals surface area contributed by atoms with Gasteiger partial charge in [0.25, 0.3) is 0 Å². The van der Waals surface area contributed by atoms with Gasteiger partial charge in [0.1, 0.15) is 0 Å². The molecular formula is C9H22N2. The molecule has 2 N–H and O–H groups in total. The Hall–Kier alpha value is -0.0800. The number of unbranched alkanes of at least 4 members (excludes halogenated alkanes) is 3. The van der Waals surface area contributed by atoms with Crippen LogP contribution >= 0.6 is 0 Å². The van der Waals surface area contributed by atoms with Gasteiger partial charge in [-0.05, 0) is 19.5 Å². The van der Waals surface area contributed by atoms with E-state index >= 15 is 0 Å². The van der Waals surface area contributed by atoms with E-state index < -0.39 is 0 Å². The summed E-state index contributed by atoms with van der Waals surface area (Å²) in [5.41, 5.74) is 0. The van der Waals surface area contributed by atoms with Gasteiger partial charge in [0.2, 0.25) is 0 Å². The molecular weight excluding hydrogens is 136 g/mol. The molecule has 0 saturated heterocycles. The standard InChI is InChI=1S/C9H22N2/c1-3-5-6-7-8-11-9-10-4-2/h10-11H,3-9H2,1-2H3. The van der Waals surface area contributed by atoms with E-state index in [-0.39, 0.29) is 0 Å². The van der Waals surface area contributed by atoms with Crippen LogP contribution in [0.25, 0.3) is 0 Å². The third-order valence-corrected chi connectivity index (χ3v) is 1.71. The van der Waals surface area contributed by atoms with Crippen molar-refractivity contribution in [2.45, 2.75) is 39.5 Å². The van der Waals surface area contributed by atoms with Crippen molar-refractivity contribution in [2.75, 3.05) is 19.8 Å². The molecule has 2 heteroatoms. The van der Waals surface area contributed by atoms with Gasteiger partial charge in [-0.1, -0.05) is 33.1 Å². The Morgan fingerprint density at radius 2 is 1.73 bits per heavy atom. The smallest absolute Gasteiger partial charge is 0.0454 e. The molecule has 68 valence electrons. The molecule has 0 heterocycles. The number of nitrogens with one attached hydrogen (secondary N) is 2. The van der Waals surface area contributed by atoms with Gasteiger partial charge in [-0.25, -0.2) is 0 Å². The van der Waals surface area contributed by atoms with Gasteiger partial charge in [-0.2, -0.15) is 0 Å². The largest absolute Gasteiger partial charge is 0.305 e. The highest BCUT2D eigenvalue weighted by Crippen LogP contribution is 1.96. The molecule has 0 saturated carbocycles. The normalized spacial score (nSPS) is 10.4. The van der Waals surface area contributed by atoms with Gasteiger partial charge in [-0.15, -0.1) is 0 Å². The van der Waals surface area contributed by atoms with Crippen LogP contribution in [0.15, 0.2) is 0 Å². The first-order chi connectivity index (χ1) is 5.41. The van der Waals surface area contributed by atoms with Gasteiger partial charge in [0, 0.05) is 6.67 Å². The van der Waals surface area contributed by atoms with Crippen LogP contribution in [0.1, 0.15) is 39.5 Å². The predicted molar refractivity (Wildman–Crippen MR) is 50.7 cm³/mol. The first-order valence-electron chi connectivity index (χ1n) is 4.83. The average molecular weight is 158 g/mol. The summed E-state index contributed by atoms with van der Waals surface area (Å²) in [5.74, 6) is 0. The molecule has 11 heavy (non-hydrogen) atoms. The Labute approximate surface area is 70.8 Å². The molecule has 0 rings (SSSR count). The minimum Gasteiger partial charge on any atom is -0.305 e. The molecule has 2 nitrogen and oxygen atoms in total. The van der Waals surface area contributed by atoms with Gasteiger partial charge in [-0.3, -0.25) is 0 Å². The van der Waals surface area contributed by atoms with Crippen LogP contribution in [-0.4, -0.2) is 19.8 Å². The van der Waals surface area contributed by atoms with Crippen molar-refractivity contribution in [3.05, 3.63) is 0 Å². The van der Waals surface area contributed by atoms with E-state index in [0.717, 1.165) is 19.8 Å². The molecule has 0 radical (unpaired) electrons. The third kappa shape index (κ3) is 9.92. The highest BCUT2D eigenvalue weighted by Gasteiger charge is 1.86. The topological polar surface area (TPSA) is 24.1 Å². The van der Waals surface area contributed by atoms with Crippen molar-refractivity contribution in [3.63, 3.8) is 0 Å². The first-order valence-corrected chi connectivity index (χ1v) is 4.83. The molecule has 0 amide bonds. The fraction of sp³-hybridized carbons (Fsp3) is 1.00. The molecule has 0 aliphatic carbocycles. The summed E-state index contributed by atoms with van der Waals surface area (Å²) in [5, 5.41) is 6.56. The van der Waals surface area contributed by atoms with Gasteiger partial charge < -0.3 is 10.6 Å². The molecule has 0 aliphatic heterocycles. The summed E-state index contributed by atoms with van der Waals surface area (Å²) in [6.07, 6.45) is 5.39. The van der Waals surface area contributed by atoms with E-state index in [2.05, 4.69) is 24.5 Å². The molecule has 0 aromatic carbocycles. The zero-order chi connectivity index (χ0) is 8.36. The molecule has 0 fully saturated rings. The van der Waals surface area contributed by atoms with Crippen molar-refractivity contribution in [3.8, 4) is 0 Å². The minimum absolute atomic E-state index is 0.961. The second-order valence-corrected chi connectivity index (χ2v) is 2.84. The maximum absolute atomic E-state index is 3.33. The lowest BCUT2D eigenvalue weighted by molar-refractivity contribution is 0.559. The highest BCUT2D eigenvalue weighted by atomic mass is 15.0. The van der Waals surface area contributed by atoms with E-state index in [9.17, 15) is 0 Å². The van der Waals surface area contributed by atoms with Crippen LogP contribution in [0.2, 0.25) is 0 Å². The Morgan fingerprint density at radius 1 is 0.909 bits per heavy atom. The Morgan fingerprint density at radius 3 is 2.36 bits per heavy atom. The SMILES string of the molecule is CCCCCCNCNCC. The highest BCUT2D eigenvalue weighted by molar-refractivity contribution is 4.46. The summed E-state index contributed by atoms with van der Waals surface area (Å²) in [6, 6.07) is 0. The van der Waals surface area contributed by atoms with Gasteiger partial charge >= 0.3 is 0 Å². The van der Waals surface area contributed by atoms with Crippen molar-refractivity contribution in [2.24, 2.45) is 0 Å². The average Bonchev–Trinajstić information content (AvgIpc) is 2.03. The summed E-state index contributed by atoms with van der Waals surface area (Å²) in [7, 11) is 0. The Bertz CT molecular complexity index is 56.6. The van der Waals surface area contributed by atoms with E-state index in [1.54, 1.807) is 0 Å². The van der Waals surface area contributed by atoms with E-state index in [1.165, 1.54) is 25.7 Å². The van der Waals surface area contributed by atoms with E-state index in [4.69, 9.17) is 0 Å². The molecule has 0 aliphatic rings. The predicted octanol–water partition coefficient (Wildman–Crippen LogP) is 1.72. The van der Waals surface area contributed by atoms with Crippen LogP contribution in [0.3, 0.4) is 0 Å². The van der Waals surface area contributed by atoms with E-state index in [0.29, 0.717) is 0 Å². The summed E-state index contributed by atoms with van der Waals surface area (Å²) in [4.78, 5) is 0. The van der Waals surface area contributed by atoms with Crippen LogP contribution in [-0.2, 0) is 0 Å². The van der Waals surface area contributed by atoms with Crippen molar-refractivity contribution in [1.29, 1.82) is 0 Å². The van der Waals surface area contributed by atoms with E-state index in [1.807, 2.05) is 0 Å². The van der Waals surface area contributed by atoms with Crippen LogP contribution in [0, 0.1) is 0 Å². The lowest BCUT2D eigenvalue weighted by atomic mass is 10.2. The van der Waals surface area contributed by atoms with Gasteiger partial charge in [0.05, 0.1) is 0 Å². The van der Waals surface area contributed by atoms with Crippen molar-refractivity contribution < 1.29 is 0 Å². The van der Waals surface area contributed by atoms with Crippen molar-refractivity contribution >= 4 is 0 Å². The summed E-state index contributed by atoms with van der Waals surface area (Å²) < 4.78 is 0. The third-order valence-electron chi connectivity index (χ3n) is 1.71. The molecule has 0 bridgehead atoms. The quantitative estimate of drug-likeness (QED) is 0.415. The lowest BCUT2D eigenvalue weighted by Gasteiger charge is -2.03. The van der Waals surface area contributed by atoms with Crippen LogP contribution < -0.4 is 10.6 Å². The maximum Gasteiger partial charge on any atom is 0.0454 e. The second-order valence-electron chi connectivity index (χ2n) is 2.84. The molecule has 0 aromatic heterocycles. The Kier molecular flexibility index (Phi) is 9.85. The lowest BCUT2D eigenvalue weighted by Crippen LogP contribution is -2.29. The summed E-state index contributed by atoms with van der Waals surface area (Å²) >= 11 is 0. The molecule has 0 unspecified atom stereocenters. The maximum atomic E-state index is 3.33. The number of hydrogen-bond acceptors (Lipinski definition) is 2. The zero-order valence-corrected chi connectivity index (χ0v) is 7.95. The van der Waals surface area contributed by atoms with Crippen LogP contribution in [0.4, 0.5) is 0 Å². The fourth-order valence-electron chi connectivity index (χ4n) is 0.979. The minimum atomic E-state index is 0.961. The Balaban J connectivity index is 2.69. The fourth-order valence-corrected chi connectivity index (χ4v) is 0.979. The number of hydrogen-bond donors (Lipinski definition) is 2. The van der Waals surface area contributed by atoms with Crippen molar-refractivity contribution in [1.82, 2.24) is 10.6 Å². The zero-order valence-electron chi connectivity index (χ0n) is 7.95. The first kappa shape index (κ1) is 10.9. The van der Waals surface area contributed by atoms with Gasteiger partial charge in [0.15, 0.2) is 0 Å². The molecule has 0 spiro atoms. The molecule has 0 atom stereocenters. The monoisotopic (exact) mass is 158 g/mol.